The van der Waals surface area contributed by atoms with Crippen LogP contribution in [0.2, 0.25) is 5.15 Å². The molecule has 0 aromatic carbocycles. The quantitative estimate of drug-likeness (QED) is 0.812. The predicted octanol–water partition coefficient (Wildman–Crippen LogP) is 3.12. The minimum atomic E-state index is -0.471. The van der Waals surface area contributed by atoms with Crippen LogP contribution >= 0.6 is 22.9 Å². The zero-order valence-corrected chi connectivity index (χ0v) is 12.3. The molecule has 0 radical (unpaired) electrons. The van der Waals surface area contributed by atoms with Gasteiger partial charge < -0.3 is 14.1 Å². The average molecular weight is 301 g/mol. The molecule has 2 aromatic rings. The fourth-order valence-corrected chi connectivity index (χ4v) is 2.73. The van der Waals surface area contributed by atoms with Gasteiger partial charge in [0.2, 0.25) is 0 Å². The van der Waals surface area contributed by atoms with Crippen molar-refractivity contribution in [1.82, 2.24) is 4.98 Å². The van der Waals surface area contributed by atoms with Gasteiger partial charge in [-0.2, -0.15) is 0 Å². The summed E-state index contributed by atoms with van der Waals surface area (Å²) in [4.78, 5) is 17.9. The molecule has 19 heavy (non-hydrogen) atoms. The molecule has 0 bridgehead atoms. The first-order valence-corrected chi connectivity index (χ1v) is 6.71. The van der Waals surface area contributed by atoms with Crippen molar-refractivity contribution in [3.63, 3.8) is 0 Å². The van der Waals surface area contributed by atoms with Gasteiger partial charge in [0.05, 0.1) is 13.4 Å². The fraction of sp³-hybridized carbons (Fsp3) is 0.333. The third kappa shape index (κ3) is 2.90. The maximum Gasteiger partial charge on any atom is 0.351 e. The zero-order chi connectivity index (χ0) is 14.0. The van der Waals surface area contributed by atoms with Crippen LogP contribution in [0.15, 0.2) is 16.7 Å². The normalized spacial score (nSPS) is 10.5. The number of carbonyl (C=O) groups is 1. The van der Waals surface area contributed by atoms with Crippen LogP contribution in [0.25, 0.3) is 0 Å². The first-order valence-electron chi connectivity index (χ1n) is 5.51. The van der Waals surface area contributed by atoms with Crippen molar-refractivity contribution in [1.29, 1.82) is 0 Å². The van der Waals surface area contributed by atoms with E-state index >= 15 is 0 Å². The van der Waals surface area contributed by atoms with E-state index in [1.807, 2.05) is 24.9 Å². The molecule has 5 nitrogen and oxygen atoms in total. The molecule has 0 saturated carbocycles. The van der Waals surface area contributed by atoms with Crippen LogP contribution in [0.4, 0.5) is 5.13 Å². The molecule has 2 heterocycles. The summed E-state index contributed by atoms with van der Waals surface area (Å²) in [6.45, 7) is 2.53. The summed E-state index contributed by atoms with van der Waals surface area (Å²) in [5, 5.41) is 0.827. The van der Waals surface area contributed by atoms with Gasteiger partial charge in [-0.1, -0.05) is 22.9 Å². The number of methoxy groups -OCH3 is 1. The van der Waals surface area contributed by atoms with Crippen LogP contribution in [0, 0.1) is 6.92 Å². The van der Waals surface area contributed by atoms with Crippen molar-refractivity contribution < 1.29 is 13.9 Å². The van der Waals surface area contributed by atoms with Crippen LogP contribution in [0.3, 0.4) is 0 Å². The molecule has 2 rings (SSSR count). The number of ether oxygens (including phenoxy) is 1. The molecule has 7 heteroatoms. The highest BCUT2D eigenvalue weighted by Crippen LogP contribution is 2.30. The lowest BCUT2D eigenvalue weighted by Crippen LogP contribution is -2.16. The number of anilines is 1. The number of furan rings is 1. The second-order valence-electron chi connectivity index (χ2n) is 3.97. The van der Waals surface area contributed by atoms with Crippen molar-refractivity contribution in [2.75, 3.05) is 19.1 Å². The van der Waals surface area contributed by atoms with E-state index in [0.717, 1.165) is 11.3 Å². The number of halogens is 1. The topological polar surface area (TPSA) is 55.6 Å². The van der Waals surface area contributed by atoms with E-state index in [1.54, 1.807) is 6.26 Å². The second kappa shape index (κ2) is 5.63. The van der Waals surface area contributed by atoms with Gasteiger partial charge in [-0.05, 0) is 13.0 Å². The van der Waals surface area contributed by atoms with Gasteiger partial charge in [0.1, 0.15) is 5.76 Å². The molecule has 2 aromatic heterocycles. The Bertz CT molecular complexity index is 594. The molecule has 0 amide bonds. The number of aromatic nitrogens is 1. The summed E-state index contributed by atoms with van der Waals surface area (Å²) in [5.41, 5.74) is 1.06. The third-order valence-corrected chi connectivity index (χ3v) is 4.18. The molecular weight excluding hydrogens is 288 g/mol. The van der Waals surface area contributed by atoms with Crippen molar-refractivity contribution in [2.24, 2.45) is 0 Å². The van der Waals surface area contributed by atoms with Gasteiger partial charge in [-0.25, -0.2) is 9.78 Å². The van der Waals surface area contributed by atoms with Crippen molar-refractivity contribution in [3.05, 3.63) is 33.7 Å². The molecule has 0 fully saturated rings. The SMILES string of the molecule is COC(=O)c1sc(N(C)Cc2ccoc2C)nc1Cl. The fourth-order valence-electron chi connectivity index (χ4n) is 1.57. The third-order valence-electron chi connectivity index (χ3n) is 2.65. The molecule has 0 aliphatic rings. The van der Waals surface area contributed by atoms with E-state index in [9.17, 15) is 4.79 Å². The average Bonchev–Trinajstić information content (AvgIpc) is 2.95. The van der Waals surface area contributed by atoms with E-state index in [2.05, 4.69) is 9.72 Å². The minimum absolute atomic E-state index is 0.169. The summed E-state index contributed by atoms with van der Waals surface area (Å²) in [7, 11) is 3.19. The number of hydrogen-bond donors (Lipinski definition) is 0. The summed E-state index contributed by atoms with van der Waals surface area (Å²) in [6, 6.07) is 1.91. The van der Waals surface area contributed by atoms with Gasteiger partial charge in [0, 0.05) is 19.2 Å². The lowest BCUT2D eigenvalue weighted by Gasteiger charge is -2.14. The van der Waals surface area contributed by atoms with Gasteiger partial charge >= 0.3 is 5.97 Å². The number of hydrogen-bond acceptors (Lipinski definition) is 6. The lowest BCUT2D eigenvalue weighted by atomic mass is 10.2. The molecule has 0 atom stereocenters. The van der Waals surface area contributed by atoms with Crippen molar-refractivity contribution in [2.45, 2.75) is 13.5 Å². The van der Waals surface area contributed by atoms with Crippen LogP contribution in [-0.2, 0) is 11.3 Å². The highest BCUT2D eigenvalue weighted by Gasteiger charge is 2.19. The van der Waals surface area contributed by atoms with Gasteiger partial charge in [0.15, 0.2) is 15.2 Å². The smallest absolute Gasteiger partial charge is 0.351 e. The molecule has 0 N–H and O–H groups in total. The first kappa shape index (κ1) is 13.9. The Morgan fingerprint density at radius 2 is 2.37 bits per heavy atom. The number of aryl methyl sites for hydroxylation is 1. The summed E-state index contributed by atoms with van der Waals surface area (Å²) in [6.07, 6.45) is 1.65. The number of thiazole rings is 1. The molecule has 0 unspecified atom stereocenters. The molecule has 102 valence electrons. The van der Waals surface area contributed by atoms with E-state index < -0.39 is 5.97 Å². The molecule has 0 spiro atoms. The summed E-state index contributed by atoms with van der Waals surface area (Å²) >= 11 is 7.13. The summed E-state index contributed by atoms with van der Waals surface area (Å²) in [5.74, 6) is 0.393. The van der Waals surface area contributed by atoms with Crippen molar-refractivity contribution >= 4 is 34.0 Å². The molecule has 0 aliphatic heterocycles. The monoisotopic (exact) mass is 300 g/mol. The van der Waals surface area contributed by atoms with Crippen molar-refractivity contribution in [3.8, 4) is 0 Å². The van der Waals surface area contributed by atoms with Crippen LogP contribution in [0.1, 0.15) is 21.0 Å². The largest absolute Gasteiger partial charge is 0.469 e. The zero-order valence-electron chi connectivity index (χ0n) is 10.8. The highest BCUT2D eigenvalue weighted by atomic mass is 35.5. The molecule has 0 saturated heterocycles. The van der Waals surface area contributed by atoms with Crippen LogP contribution in [0.5, 0.6) is 0 Å². The molecular formula is C12H13ClN2O3S. The Labute approximate surface area is 119 Å². The van der Waals surface area contributed by atoms with Crippen LogP contribution < -0.4 is 4.90 Å². The van der Waals surface area contributed by atoms with Crippen LogP contribution in [-0.4, -0.2) is 25.1 Å². The number of carbonyl (C=O) groups excluding carboxylic acids is 1. The van der Waals surface area contributed by atoms with Gasteiger partial charge in [0.25, 0.3) is 0 Å². The van der Waals surface area contributed by atoms with E-state index in [1.165, 1.54) is 18.4 Å². The lowest BCUT2D eigenvalue weighted by molar-refractivity contribution is 0.0606. The highest BCUT2D eigenvalue weighted by molar-refractivity contribution is 7.18. The number of esters is 1. The maximum atomic E-state index is 11.5. The Morgan fingerprint density at radius 3 is 2.95 bits per heavy atom. The second-order valence-corrected chi connectivity index (χ2v) is 5.30. The first-order chi connectivity index (χ1) is 9.02. The molecule has 0 aliphatic carbocycles. The Balaban J connectivity index is 2.18. The van der Waals surface area contributed by atoms with E-state index in [-0.39, 0.29) is 5.15 Å². The minimum Gasteiger partial charge on any atom is -0.469 e. The summed E-state index contributed by atoms with van der Waals surface area (Å²) < 4.78 is 9.89. The predicted molar refractivity (Wildman–Crippen MR) is 74.0 cm³/mol. The number of nitrogens with zero attached hydrogens (tertiary/aromatic N) is 2. The van der Waals surface area contributed by atoms with Gasteiger partial charge in [-0.3, -0.25) is 0 Å². The van der Waals surface area contributed by atoms with E-state index in [0.29, 0.717) is 16.6 Å². The number of rotatable bonds is 4. The Kier molecular flexibility index (Phi) is 4.11. The Morgan fingerprint density at radius 1 is 1.63 bits per heavy atom. The Hall–Kier alpha value is -1.53. The standard InChI is InChI=1S/C12H13ClN2O3S/c1-7-8(4-5-18-7)6-15(2)12-14-10(13)9(19-12)11(16)17-3/h4-5H,6H2,1-3H3. The van der Waals surface area contributed by atoms with Gasteiger partial charge in [-0.15, -0.1) is 0 Å². The van der Waals surface area contributed by atoms with E-state index in [4.69, 9.17) is 16.0 Å². The maximum absolute atomic E-state index is 11.5.